The molecule has 4 nitrogen and oxygen atoms in total. The van der Waals surface area contributed by atoms with Gasteiger partial charge in [0.15, 0.2) is 0 Å². The fourth-order valence-electron chi connectivity index (χ4n) is 2.97. The first-order valence-corrected chi connectivity index (χ1v) is 9.80. The molecule has 3 rings (SSSR count). The van der Waals surface area contributed by atoms with Crippen molar-refractivity contribution < 1.29 is 5.11 Å². The molecule has 150 valence electrons. The number of hydrogen-bond donors (Lipinski definition) is 2. The summed E-state index contributed by atoms with van der Waals surface area (Å²) in [5.74, 6) is 0.168. The van der Waals surface area contributed by atoms with E-state index in [1.165, 1.54) is 0 Å². The summed E-state index contributed by atoms with van der Waals surface area (Å²) in [6.45, 7) is 1.91. The zero-order chi connectivity index (χ0) is 21.2. The summed E-state index contributed by atoms with van der Waals surface area (Å²) in [6, 6.07) is 27.1. The SMILES string of the molecule is C\C=C/C(=N\N=C(/C=C(\NC)c1ccccc1)c1ccccc1)c1ccccc1O. The van der Waals surface area contributed by atoms with Crippen LogP contribution < -0.4 is 5.32 Å². The van der Waals surface area contributed by atoms with Gasteiger partial charge in [0.05, 0.1) is 11.4 Å². The minimum Gasteiger partial charge on any atom is -0.507 e. The molecule has 0 aromatic heterocycles. The van der Waals surface area contributed by atoms with Gasteiger partial charge in [-0.1, -0.05) is 78.9 Å². The van der Waals surface area contributed by atoms with Crippen molar-refractivity contribution in [1.29, 1.82) is 0 Å². The van der Waals surface area contributed by atoms with Gasteiger partial charge in [0.2, 0.25) is 0 Å². The summed E-state index contributed by atoms with van der Waals surface area (Å²) >= 11 is 0. The molecule has 0 saturated heterocycles. The molecule has 0 atom stereocenters. The maximum absolute atomic E-state index is 10.2. The second kappa shape index (κ2) is 10.6. The Bertz CT molecular complexity index is 1080. The van der Waals surface area contributed by atoms with Gasteiger partial charge in [-0.3, -0.25) is 0 Å². The van der Waals surface area contributed by atoms with Crippen LogP contribution in [0.2, 0.25) is 0 Å². The molecule has 0 heterocycles. The second-order valence-corrected chi connectivity index (χ2v) is 6.53. The highest BCUT2D eigenvalue weighted by atomic mass is 16.3. The zero-order valence-corrected chi connectivity index (χ0v) is 17.2. The van der Waals surface area contributed by atoms with E-state index in [1.54, 1.807) is 12.1 Å². The molecule has 0 saturated carbocycles. The van der Waals surface area contributed by atoms with Crippen LogP contribution >= 0.6 is 0 Å². The summed E-state index contributed by atoms with van der Waals surface area (Å²) in [5.41, 5.74) is 4.87. The van der Waals surface area contributed by atoms with E-state index >= 15 is 0 Å². The Kier molecular flexibility index (Phi) is 7.34. The molecule has 30 heavy (non-hydrogen) atoms. The highest BCUT2D eigenvalue weighted by Crippen LogP contribution is 2.18. The number of nitrogens with one attached hydrogen (secondary N) is 1. The van der Waals surface area contributed by atoms with E-state index in [4.69, 9.17) is 0 Å². The van der Waals surface area contributed by atoms with Gasteiger partial charge < -0.3 is 10.4 Å². The Morgan fingerprint density at radius 1 is 0.767 bits per heavy atom. The molecular formula is C26H25N3O. The minimum absolute atomic E-state index is 0.168. The molecule has 0 spiro atoms. The molecule has 0 amide bonds. The normalized spacial score (nSPS) is 12.9. The number of rotatable bonds is 7. The van der Waals surface area contributed by atoms with Gasteiger partial charge in [-0.2, -0.15) is 0 Å². The maximum Gasteiger partial charge on any atom is 0.125 e. The fourth-order valence-corrected chi connectivity index (χ4v) is 2.97. The number of phenolic OH excluding ortho intramolecular Hbond substituents is 1. The summed E-state index contributed by atoms with van der Waals surface area (Å²) in [4.78, 5) is 0. The molecule has 3 aromatic carbocycles. The van der Waals surface area contributed by atoms with Crippen molar-refractivity contribution in [3.05, 3.63) is 120 Å². The van der Waals surface area contributed by atoms with Crippen LogP contribution in [0, 0.1) is 0 Å². The predicted octanol–water partition coefficient (Wildman–Crippen LogP) is 5.42. The van der Waals surface area contributed by atoms with Crippen molar-refractivity contribution in [2.45, 2.75) is 6.92 Å². The zero-order valence-electron chi connectivity index (χ0n) is 17.2. The minimum atomic E-state index is 0.168. The van der Waals surface area contributed by atoms with Crippen molar-refractivity contribution in [3.8, 4) is 5.75 Å². The van der Waals surface area contributed by atoms with Crippen LogP contribution in [0.1, 0.15) is 23.6 Å². The van der Waals surface area contributed by atoms with Crippen molar-refractivity contribution in [2.24, 2.45) is 10.2 Å². The molecule has 3 aromatic rings. The van der Waals surface area contributed by atoms with Crippen molar-refractivity contribution >= 4 is 17.1 Å². The molecule has 0 radical (unpaired) electrons. The van der Waals surface area contributed by atoms with Crippen LogP contribution in [0.4, 0.5) is 0 Å². The summed E-state index contributed by atoms with van der Waals surface area (Å²) in [7, 11) is 1.89. The lowest BCUT2D eigenvalue weighted by molar-refractivity contribution is 0.474. The largest absolute Gasteiger partial charge is 0.507 e. The van der Waals surface area contributed by atoms with Crippen LogP contribution in [0.5, 0.6) is 5.75 Å². The van der Waals surface area contributed by atoms with E-state index in [0.29, 0.717) is 17.0 Å². The van der Waals surface area contributed by atoms with Gasteiger partial charge >= 0.3 is 0 Å². The molecule has 4 heteroatoms. The number of para-hydroxylation sites is 1. The number of aromatic hydroxyl groups is 1. The van der Waals surface area contributed by atoms with E-state index < -0.39 is 0 Å². The van der Waals surface area contributed by atoms with Gasteiger partial charge in [-0.15, -0.1) is 10.2 Å². The van der Waals surface area contributed by atoms with Gasteiger partial charge in [0.25, 0.3) is 0 Å². The van der Waals surface area contributed by atoms with Crippen molar-refractivity contribution in [2.75, 3.05) is 7.05 Å². The molecule has 0 aliphatic rings. The maximum atomic E-state index is 10.2. The molecule has 0 bridgehead atoms. The van der Waals surface area contributed by atoms with Crippen LogP contribution in [-0.2, 0) is 0 Å². The summed E-state index contributed by atoms with van der Waals surface area (Å²) in [5, 5.41) is 22.5. The quantitative estimate of drug-likeness (QED) is 0.414. The van der Waals surface area contributed by atoms with Gasteiger partial charge in [0.1, 0.15) is 5.75 Å². The highest BCUT2D eigenvalue weighted by Gasteiger charge is 2.08. The van der Waals surface area contributed by atoms with Crippen molar-refractivity contribution in [1.82, 2.24) is 5.32 Å². The topological polar surface area (TPSA) is 57.0 Å². The summed E-state index contributed by atoms with van der Waals surface area (Å²) < 4.78 is 0. The van der Waals surface area contributed by atoms with E-state index in [0.717, 1.165) is 16.8 Å². The van der Waals surface area contributed by atoms with Crippen LogP contribution in [0.25, 0.3) is 5.70 Å². The van der Waals surface area contributed by atoms with Crippen LogP contribution in [-0.4, -0.2) is 23.6 Å². The fraction of sp³-hybridized carbons (Fsp3) is 0.0769. The average Bonchev–Trinajstić information content (AvgIpc) is 2.80. The predicted molar refractivity (Wildman–Crippen MR) is 126 cm³/mol. The third kappa shape index (κ3) is 5.32. The van der Waals surface area contributed by atoms with Crippen LogP contribution in [0.3, 0.4) is 0 Å². The third-order valence-corrected chi connectivity index (χ3v) is 4.47. The van der Waals surface area contributed by atoms with Crippen LogP contribution in [0.15, 0.2) is 113 Å². The number of allylic oxidation sites excluding steroid dienone is 3. The number of hydrogen-bond acceptors (Lipinski definition) is 4. The molecule has 0 aliphatic heterocycles. The molecule has 0 fully saturated rings. The first-order valence-electron chi connectivity index (χ1n) is 9.80. The Balaban J connectivity index is 2.12. The van der Waals surface area contributed by atoms with Crippen molar-refractivity contribution in [3.63, 3.8) is 0 Å². The molecular weight excluding hydrogens is 370 g/mol. The Morgan fingerprint density at radius 2 is 1.33 bits per heavy atom. The third-order valence-electron chi connectivity index (χ3n) is 4.47. The van der Waals surface area contributed by atoms with E-state index in [9.17, 15) is 5.11 Å². The number of benzene rings is 3. The monoisotopic (exact) mass is 395 g/mol. The number of phenols is 1. The Hall–Kier alpha value is -3.92. The van der Waals surface area contributed by atoms with E-state index in [-0.39, 0.29) is 5.75 Å². The van der Waals surface area contributed by atoms with E-state index in [2.05, 4.69) is 15.5 Å². The standard InChI is InChI=1S/C26H25N3O/c1-3-12-23(22-17-10-11-18-26(22)30)28-29-25(21-15-8-5-9-16-21)19-24(27-2)20-13-6-4-7-14-20/h3-19,27,30H,1-2H3/b12-3-,24-19-,28-23+,29-25+. The highest BCUT2D eigenvalue weighted by molar-refractivity contribution is 6.14. The average molecular weight is 396 g/mol. The molecule has 2 N–H and O–H groups in total. The first kappa shape index (κ1) is 20.8. The van der Waals surface area contributed by atoms with Gasteiger partial charge in [0, 0.05) is 23.9 Å². The Labute approximate surface area is 177 Å². The summed E-state index contributed by atoms with van der Waals surface area (Å²) in [6.07, 6.45) is 5.69. The van der Waals surface area contributed by atoms with Gasteiger partial charge in [-0.25, -0.2) is 0 Å². The molecule has 0 aliphatic carbocycles. The van der Waals surface area contributed by atoms with Gasteiger partial charge in [-0.05, 0) is 36.8 Å². The lowest BCUT2D eigenvalue weighted by Gasteiger charge is -2.09. The van der Waals surface area contributed by atoms with E-state index in [1.807, 2.05) is 105 Å². The first-order chi connectivity index (χ1) is 14.7. The Morgan fingerprint density at radius 3 is 1.93 bits per heavy atom. The lowest BCUT2D eigenvalue weighted by Crippen LogP contribution is -2.08. The smallest absolute Gasteiger partial charge is 0.125 e. The second-order valence-electron chi connectivity index (χ2n) is 6.53. The number of nitrogens with zero attached hydrogens (tertiary/aromatic N) is 2. The molecule has 0 unspecified atom stereocenters. The lowest BCUT2D eigenvalue weighted by atomic mass is 10.1.